The lowest BCUT2D eigenvalue weighted by Gasteiger charge is -2.39. The average molecular weight is 274 g/mol. The van der Waals surface area contributed by atoms with Crippen LogP contribution in [0.3, 0.4) is 0 Å². The monoisotopic (exact) mass is 274 g/mol. The molecule has 1 heteroatoms. The van der Waals surface area contributed by atoms with Gasteiger partial charge in [-0.1, -0.05) is 32.4 Å². The Balaban J connectivity index is 2.28. The van der Waals surface area contributed by atoms with E-state index in [4.69, 9.17) is 0 Å². The van der Waals surface area contributed by atoms with Crippen molar-refractivity contribution >= 4 is 0 Å². The van der Waals surface area contributed by atoms with Gasteiger partial charge in [0.1, 0.15) is 0 Å². The van der Waals surface area contributed by atoms with Gasteiger partial charge in [-0.2, -0.15) is 0 Å². The molecule has 1 aromatic carbocycles. The number of benzene rings is 1. The molecule has 1 fully saturated rings. The summed E-state index contributed by atoms with van der Waals surface area (Å²) in [7, 11) is 0. The molecule has 2 atom stereocenters. The van der Waals surface area contributed by atoms with Crippen molar-refractivity contribution in [2.24, 2.45) is 11.8 Å². The minimum Gasteiger partial charge on any atom is -0.385 e. The van der Waals surface area contributed by atoms with E-state index in [1.165, 1.54) is 35.1 Å². The second-order valence-electron chi connectivity index (χ2n) is 7.37. The van der Waals surface area contributed by atoms with E-state index in [1.807, 2.05) is 0 Å². The maximum absolute atomic E-state index is 11.2. The Labute approximate surface area is 124 Å². The van der Waals surface area contributed by atoms with Crippen molar-refractivity contribution < 1.29 is 5.11 Å². The summed E-state index contributed by atoms with van der Waals surface area (Å²) in [5.41, 5.74) is 4.45. The molecule has 112 valence electrons. The van der Waals surface area contributed by atoms with Crippen LogP contribution in [-0.2, 0) is 5.60 Å². The summed E-state index contributed by atoms with van der Waals surface area (Å²) in [6.45, 7) is 11.0. The van der Waals surface area contributed by atoms with Crippen LogP contribution in [0.2, 0.25) is 0 Å². The number of aliphatic hydroxyl groups is 1. The van der Waals surface area contributed by atoms with Gasteiger partial charge >= 0.3 is 0 Å². The van der Waals surface area contributed by atoms with Crippen LogP contribution in [0.5, 0.6) is 0 Å². The quantitative estimate of drug-likeness (QED) is 0.819. The van der Waals surface area contributed by atoms with Crippen molar-refractivity contribution in [1.82, 2.24) is 0 Å². The summed E-state index contributed by atoms with van der Waals surface area (Å²) in [4.78, 5) is 0. The first-order valence-electron chi connectivity index (χ1n) is 8.12. The summed E-state index contributed by atoms with van der Waals surface area (Å²) < 4.78 is 0. The van der Waals surface area contributed by atoms with Gasteiger partial charge in [-0.3, -0.25) is 0 Å². The van der Waals surface area contributed by atoms with E-state index in [1.54, 1.807) is 0 Å². The van der Waals surface area contributed by atoms with Gasteiger partial charge in [0.15, 0.2) is 0 Å². The van der Waals surface area contributed by atoms with E-state index >= 15 is 0 Å². The lowest BCUT2D eigenvalue weighted by atomic mass is 9.71. The SMILES string of the molecule is Cc1cc(C)c(C2(O)CCCC(CC(C)C)C2)cc1C. The van der Waals surface area contributed by atoms with Gasteiger partial charge in [-0.25, -0.2) is 0 Å². The fourth-order valence-corrected chi connectivity index (χ4v) is 3.94. The van der Waals surface area contributed by atoms with Gasteiger partial charge < -0.3 is 5.11 Å². The molecule has 1 aromatic rings. The van der Waals surface area contributed by atoms with Gasteiger partial charge in [-0.15, -0.1) is 0 Å². The first kappa shape index (κ1) is 15.6. The average Bonchev–Trinajstić information content (AvgIpc) is 2.33. The Kier molecular flexibility index (Phi) is 4.59. The third kappa shape index (κ3) is 3.25. The van der Waals surface area contributed by atoms with Gasteiger partial charge in [0.05, 0.1) is 5.60 Å². The Hall–Kier alpha value is -0.820. The zero-order chi connectivity index (χ0) is 14.9. The van der Waals surface area contributed by atoms with Crippen molar-refractivity contribution in [2.75, 3.05) is 0 Å². The predicted octanol–water partition coefficient (Wildman–Crippen LogP) is 5.04. The molecule has 0 amide bonds. The molecule has 0 aliphatic heterocycles. The van der Waals surface area contributed by atoms with E-state index in [2.05, 4.69) is 46.8 Å². The molecule has 2 unspecified atom stereocenters. The van der Waals surface area contributed by atoms with Crippen LogP contribution in [0.1, 0.15) is 68.2 Å². The number of aryl methyl sites for hydroxylation is 3. The highest BCUT2D eigenvalue weighted by atomic mass is 16.3. The lowest BCUT2D eigenvalue weighted by Crippen LogP contribution is -2.34. The Bertz CT molecular complexity index is 475. The van der Waals surface area contributed by atoms with Crippen LogP contribution in [0, 0.1) is 32.6 Å². The maximum atomic E-state index is 11.2. The topological polar surface area (TPSA) is 20.2 Å². The second kappa shape index (κ2) is 5.89. The summed E-state index contributed by atoms with van der Waals surface area (Å²) in [5, 5.41) is 11.2. The second-order valence-corrected chi connectivity index (χ2v) is 7.37. The molecule has 1 N–H and O–H groups in total. The molecule has 2 rings (SSSR count). The summed E-state index contributed by atoms with van der Waals surface area (Å²) >= 11 is 0. The van der Waals surface area contributed by atoms with Gasteiger partial charge in [0, 0.05) is 0 Å². The third-order valence-electron chi connectivity index (χ3n) is 4.98. The van der Waals surface area contributed by atoms with Crippen molar-refractivity contribution in [3.63, 3.8) is 0 Å². The van der Waals surface area contributed by atoms with Crippen LogP contribution < -0.4 is 0 Å². The highest BCUT2D eigenvalue weighted by Crippen LogP contribution is 2.43. The van der Waals surface area contributed by atoms with Crippen LogP contribution in [0.15, 0.2) is 12.1 Å². The molecule has 1 aliphatic rings. The molecule has 1 aliphatic carbocycles. The number of rotatable bonds is 3. The van der Waals surface area contributed by atoms with Gasteiger partial charge in [0.25, 0.3) is 0 Å². The Morgan fingerprint density at radius 2 is 1.80 bits per heavy atom. The molecule has 0 heterocycles. The van der Waals surface area contributed by atoms with Crippen molar-refractivity contribution in [3.05, 3.63) is 34.4 Å². The van der Waals surface area contributed by atoms with E-state index in [0.717, 1.165) is 25.2 Å². The first-order valence-corrected chi connectivity index (χ1v) is 8.12. The standard InChI is InChI=1S/C19H30O/c1-13(2)9-17-7-6-8-19(20,12-17)18-11-15(4)14(3)10-16(18)5/h10-11,13,17,20H,6-9,12H2,1-5H3. The first-order chi connectivity index (χ1) is 9.32. The number of hydrogen-bond donors (Lipinski definition) is 1. The largest absolute Gasteiger partial charge is 0.385 e. The zero-order valence-electron chi connectivity index (χ0n) is 13.8. The summed E-state index contributed by atoms with van der Waals surface area (Å²) in [6.07, 6.45) is 5.54. The smallest absolute Gasteiger partial charge is 0.0901 e. The fourth-order valence-electron chi connectivity index (χ4n) is 3.94. The van der Waals surface area contributed by atoms with Crippen LogP contribution in [0.25, 0.3) is 0 Å². The fraction of sp³-hybridized carbons (Fsp3) is 0.684. The van der Waals surface area contributed by atoms with Crippen molar-refractivity contribution in [1.29, 1.82) is 0 Å². The Morgan fingerprint density at radius 3 is 2.45 bits per heavy atom. The Morgan fingerprint density at radius 1 is 1.15 bits per heavy atom. The maximum Gasteiger partial charge on any atom is 0.0901 e. The van der Waals surface area contributed by atoms with Crippen LogP contribution >= 0.6 is 0 Å². The summed E-state index contributed by atoms with van der Waals surface area (Å²) in [6, 6.07) is 4.46. The molecule has 0 saturated heterocycles. The lowest BCUT2D eigenvalue weighted by molar-refractivity contribution is -0.0250. The third-order valence-corrected chi connectivity index (χ3v) is 4.98. The molecule has 0 spiro atoms. The predicted molar refractivity (Wildman–Crippen MR) is 86.0 cm³/mol. The van der Waals surface area contributed by atoms with E-state index < -0.39 is 5.60 Å². The molecule has 0 bridgehead atoms. The zero-order valence-corrected chi connectivity index (χ0v) is 13.8. The molecule has 20 heavy (non-hydrogen) atoms. The minimum atomic E-state index is -0.597. The normalized spacial score (nSPS) is 27.1. The molecular weight excluding hydrogens is 244 g/mol. The van der Waals surface area contributed by atoms with Gasteiger partial charge in [0.2, 0.25) is 0 Å². The van der Waals surface area contributed by atoms with Gasteiger partial charge in [-0.05, 0) is 80.5 Å². The summed E-state index contributed by atoms with van der Waals surface area (Å²) in [5.74, 6) is 1.40. The molecule has 1 nitrogen and oxygen atoms in total. The highest BCUT2D eigenvalue weighted by Gasteiger charge is 2.37. The number of hydrogen-bond acceptors (Lipinski definition) is 1. The molecule has 1 saturated carbocycles. The van der Waals surface area contributed by atoms with E-state index in [9.17, 15) is 5.11 Å². The van der Waals surface area contributed by atoms with Crippen LogP contribution in [0.4, 0.5) is 0 Å². The molecular formula is C19H30O. The van der Waals surface area contributed by atoms with E-state index in [-0.39, 0.29) is 0 Å². The van der Waals surface area contributed by atoms with Crippen LogP contribution in [-0.4, -0.2) is 5.11 Å². The van der Waals surface area contributed by atoms with E-state index in [0.29, 0.717) is 5.92 Å². The minimum absolute atomic E-state index is 0.597. The molecule has 0 aromatic heterocycles. The molecule has 0 radical (unpaired) electrons. The van der Waals surface area contributed by atoms with Crippen molar-refractivity contribution in [2.45, 2.75) is 72.3 Å². The highest BCUT2D eigenvalue weighted by molar-refractivity contribution is 5.40. The van der Waals surface area contributed by atoms with Crippen molar-refractivity contribution in [3.8, 4) is 0 Å².